The molecule has 0 aliphatic heterocycles. The van der Waals surface area contributed by atoms with Gasteiger partial charge in [-0.25, -0.2) is 4.98 Å². The third-order valence-corrected chi connectivity index (χ3v) is 4.87. The van der Waals surface area contributed by atoms with Crippen molar-refractivity contribution >= 4 is 21.8 Å². The Kier molecular flexibility index (Phi) is 5.58. The zero-order valence-electron chi connectivity index (χ0n) is 16.5. The molecule has 0 saturated carbocycles. The first kappa shape index (κ1) is 18.5. The molecule has 0 unspecified atom stereocenters. The molecular weight excluding hydrogens is 346 g/mol. The Morgan fingerprint density at radius 3 is 2.68 bits per heavy atom. The molecule has 1 heterocycles. The molecule has 0 bridgehead atoms. The molecule has 4 aromatic rings. The van der Waals surface area contributed by atoms with Gasteiger partial charge in [0.1, 0.15) is 11.6 Å². The van der Waals surface area contributed by atoms with Crippen LogP contribution in [0.1, 0.15) is 31.7 Å². The first-order valence-corrected chi connectivity index (χ1v) is 10.0. The number of aromatic nitrogens is 2. The smallest absolute Gasteiger partial charge is 0.124 e. The molecule has 4 rings (SSSR count). The van der Waals surface area contributed by atoms with E-state index >= 15 is 0 Å². The summed E-state index contributed by atoms with van der Waals surface area (Å²) in [5.74, 6) is 2.02. The average molecular weight is 374 g/mol. The zero-order valence-corrected chi connectivity index (χ0v) is 16.5. The van der Waals surface area contributed by atoms with Gasteiger partial charge < -0.3 is 15.0 Å². The van der Waals surface area contributed by atoms with E-state index in [0.717, 1.165) is 48.5 Å². The summed E-state index contributed by atoms with van der Waals surface area (Å²) in [7, 11) is 0. The van der Waals surface area contributed by atoms with E-state index in [1.165, 1.54) is 16.3 Å². The van der Waals surface area contributed by atoms with Crippen molar-refractivity contribution in [2.75, 3.05) is 6.54 Å². The molecule has 0 spiro atoms. The number of benzene rings is 3. The normalized spacial score (nSPS) is 11.5. The summed E-state index contributed by atoms with van der Waals surface area (Å²) in [6, 6.07) is 20.9. The highest BCUT2D eigenvalue weighted by molar-refractivity contribution is 5.87. The molecule has 2 N–H and O–H groups in total. The van der Waals surface area contributed by atoms with Crippen molar-refractivity contribution in [2.45, 2.75) is 39.3 Å². The van der Waals surface area contributed by atoms with Crippen molar-refractivity contribution in [2.24, 2.45) is 0 Å². The molecule has 0 fully saturated rings. The van der Waals surface area contributed by atoms with Crippen molar-refractivity contribution in [3.63, 3.8) is 0 Å². The van der Waals surface area contributed by atoms with Gasteiger partial charge >= 0.3 is 0 Å². The van der Waals surface area contributed by atoms with Crippen LogP contribution in [0.2, 0.25) is 0 Å². The van der Waals surface area contributed by atoms with Crippen LogP contribution in [0.25, 0.3) is 21.8 Å². The van der Waals surface area contributed by atoms with Crippen LogP contribution in [-0.2, 0) is 13.0 Å². The molecule has 0 atom stereocenters. The molecule has 1 aromatic heterocycles. The van der Waals surface area contributed by atoms with Gasteiger partial charge in [0.25, 0.3) is 0 Å². The van der Waals surface area contributed by atoms with Crippen LogP contribution in [0.3, 0.4) is 0 Å². The third kappa shape index (κ3) is 4.18. The second-order valence-electron chi connectivity index (χ2n) is 7.41. The lowest BCUT2D eigenvalue weighted by Gasteiger charge is -2.17. The van der Waals surface area contributed by atoms with Gasteiger partial charge in [-0.1, -0.05) is 42.5 Å². The fourth-order valence-electron chi connectivity index (χ4n) is 3.58. The second kappa shape index (κ2) is 8.44. The average Bonchev–Trinajstić information content (AvgIpc) is 3.11. The van der Waals surface area contributed by atoms with Gasteiger partial charge in [-0.15, -0.1) is 0 Å². The van der Waals surface area contributed by atoms with E-state index in [-0.39, 0.29) is 6.10 Å². The summed E-state index contributed by atoms with van der Waals surface area (Å²) in [4.78, 5) is 8.05. The van der Waals surface area contributed by atoms with Gasteiger partial charge in [0.2, 0.25) is 0 Å². The fourth-order valence-corrected chi connectivity index (χ4v) is 3.58. The van der Waals surface area contributed by atoms with E-state index < -0.39 is 0 Å². The minimum absolute atomic E-state index is 0.160. The third-order valence-electron chi connectivity index (χ3n) is 4.87. The van der Waals surface area contributed by atoms with Crippen LogP contribution >= 0.6 is 0 Å². The number of rotatable bonds is 8. The monoisotopic (exact) mass is 373 g/mol. The van der Waals surface area contributed by atoms with Gasteiger partial charge in [-0.2, -0.15) is 0 Å². The highest BCUT2D eigenvalue weighted by Crippen LogP contribution is 2.28. The predicted molar refractivity (Wildman–Crippen MR) is 116 cm³/mol. The Bertz CT molecular complexity index is 1030. The van der Waals surface area contributed by atoms with E-state index in [1.807, 2.05) is 18.2 Å². The van der Waals surface area contributed by atoms with Crippen LogP contribution in [-0.4, -0.2) is 22.6 Å². The van der Waals surface area contributed by atoms with Crippen molar-refractivity contribution in [1.82, 2.24) is 15.3 Å². The molecule has 4 heteroatoms. The number of nitrogens with zero attached hydrogens (tertiary/aromatic N) is 1. The number of para-hydroxylation sites is 2. The minimum Gasteiger partial charge on any atom is -0.491 e. The highest BCUT2D eigenvalue weighted by atomic mass is 16.5. The van der Waals surface area contributed by atoms with E-state index in [0.29, 0.717) is 0 Å². The Hall–Kier alpha value is -2.85. The molecule has 0 aliphatic carbocycles. The van der Waals surface area contributed by atoms with Crippen molar-refractivity contribution < 1.29 is 4.74 Å². The first-order valence-electron chi connectivity index (χ1n) is 10.0. The number of imidazole rings is 1. The van der Waals surface area contributed by atoms with Crippen LogP contribution in [0, 0.1) is 0 Å². The second-order valence-corrected chi connectivity index (χ2v) is 7.41. The van der Waals surface area contributed by atoms with E-state index in [1.54, 1.807) is 0 Å². The largest absolute Gasteiger partial charge is 0.491 e. The van der Waals surface area contributed by atoms with E-state index in [9.17, 15) is 0 Å². The number of aromatic amines is 1. The fraction of sp³-hybridized carbons (Fsp3) is 0.292. The lowest BCUT2D eigenvalue weighted by Crippen LogP contribution is -2.17. The van der Waals surface area contributed by atoms with Crippen LogP contribution in [0.4, 0.5) is 0 Å². The molecule has 4 nitrogen and oxygen atoms in total. The molecule has 0 saturated heterocycles. The van der Waals surface area contributed by atoms with Crippen LogP contribution in [0.15, 0.2) is 60.7 Å². The molecule has 0 aliphatic rings. The number of hydrogen-bond acceptors (Lipinski definition) is 3. The number of fused-ring (bicyclic) bond motifs is 2. The maximum atomic E-state index is 6.06. The Balaban J connectivity index is 1.39. The van der Waals surface area contributed by atoms with Crippen molar-refractivity contribution in [3.8, 4) is 5.75 Å². The maximum Gasteiger partial charge on any atom is 0.124 e. The van der Waals surface area contributed by atoms with Gasteiger partial charge in [0.05, 0.1) is 17.1 Å². The van der Waals surface area contributed by atoms with Crippen LogP contribution < -0.4 is 10.1 Å². The zero-order chi connectivity index (χ0) is 19.3. The van der Waals surface area contributed by atoms with E-state index in [2.05, 4.69) is 71.6 Å². The topological polar surface area (TPSA) is 49.9 Å². The Morgan fingerprint density at radius 2 is 1.82 bits per heavy atom. The van der Waals surface area contributed by atoms with Crippen LogP contribution in [0.5, 0.6) is 5.75 Å². The van der Waals surface area contributed by atoms with Crippen molar-refractivity contribution in [3.05, 3.63) is 72.1 Å². The SMILES string of the molecule is CC(C)Oc1ccc2ccccc2c1CNCCCc1nc2ccccc2[nH]1. The lowest BCUT2D eigenvalue weighted by atomic mass is 10.0. The standard InChI is InChI=1S/C24H27N3O/c1-17(2)28-23-14-13-18-8-3-4-9-19(18)20(23)16-25-15-7-12-24-26-21-10-5-6-11-22(21)27-24/h3-6,8-11,13-14,17,25H,7,12,15-16H2,1-2H3,(H,26,27). The van der Waals surface area contributed by atoms with Gasteiger partial charge in [-0.05, 0) is 55.8 Å². The Morgan fingerprint density at radius 1 is 1.00 bits per heavy atom. The lowest BCUT2D eigenvalue weighted by molar-refractivity contribution is 0.240. The maximum absolute atomic E-state index is 6.06. The molecule has 0 amide bonds. The molecule has 0 radical (unpaired) electrons. The molecule has 28 heavy (non-hydrogen) atoms. The quantitative estimate of drug-likeness (QED) is 0.416. The Labute approximate surface area is 165 Å². The van der Waals surface area contributed by atoms with Crippen molar-refractivity contribution in [1.29, 1.82) is 0 Å². The summed E-state index contributed by atoms with van der Waals surface area (Å²) in [6.45, 7) is 5.87. The number of H-pyrrole nitrogens is 1. The molecule has 3 aromatic carbocycles. The number of nitrogens with one attached hydrogen (secondary N) is 2. The predicted octanol–water partition coefficient (Wildman–Crippen LogP) is 5.23. The summed E-state index contributed by atoms with van der Waals surface area (Å²) < 4.78 is 6.06. The summed E-state index contributed by atoms with van der Waals surface area (Å²) >= 11 is 0. The van der Waals surface area contributed by atoms with Gasteiger partial charge in [-0.3, -0.25) is 0 Å². The van der Waals surface area contributed by atoms with Gasteiger partial charge in [0.15, 0.2) is 0 Å². The number of aryl methyl sites for hydroxylation is 1. The first-order chi connectivity index (χ1) is 13.7. The molecular formula is C24H27N3O. The molecule has 144 valence electrons. The number of hydrogen-bond donors (Lipinski definition) is 2. The highest BCUT2D eigenvalue weighted by Gasteiger charge is 2.10. The summed E-state index contributed by atoms with van der Waals surface area (Å²) in [5, 5.41) is 6.09. The van der Waals surface area contributed by atoms with E-state index in [4.69, 9.17) is 4.74 Å². The summed E-state index contributed by atoms with van der Waals surface area (Å²) in [5.41, 5.74) is 3.38. The van der Waals surface area contributed by atoms with Gasteiger partial charge in [0, 0.05) is 18.5 Å². The minimum atomic E-state index is 0.160. The summed E-state index contributed by atoms with van der Waals surface area (Å²) in [6.07, 6.45) is 2.13. The number of ether oxygens (including phenoxy) is 1.